The number of ether oxygens (including phenoxy) is 1. The summed E-state index contributed by atoms with van der Waals surface area (Å²) in [6.45, 7) is 6.67. The molecule has 1 aromatic heterocycles. The third-order valence-corrected chi connectivity index (χ3v) is 3.35. The van der Waals surface area contributed by atoms with Crippen LogP contribution in [0.4, 0.5) is 0 Å². The highest BCUT2D eigenvalue weighted by Crippen LogP contribution is 2.29. The standard InChI is InChI=1S/C12H20N2O3/c1-9(2)12(15)7-14(8-12)5-10-4-11(6-16-3)17-13-10/h4,9,15H,5-8H2,1-3H3. The van der Waals surface area contributed by atoms with Crippen LogP contribution >= 0.6 is 0 Å². The van der Waals surface area contributed by atoms with Crippen LogP contribution in [0.5, 0.6) is 0 Å². The summed E-state index contributed by atoms with van der Waals surface area (Å²) in [6, 6.07) is 1.90. The summed E-state index contributed by atoms with van der Waals surface area (Å²) >= 11 is 0. The molecular weight excluding hydrogens is 220 g/mol. The van der Waals surface area contributed by atoms with Crippen LogP contribution in [0.25, 0.3) is 0 Å². The number of likely N-dealkylation sites (tertiary alicyclic amines) is 1. The average molecular weight is 240 g/mol. The number of β-amino-alcohol motifs (C(OH)–C–C–N with tert-alkyl or cyclic N) is 1. The second kappa shape index (κ2) is 4.76. The van der Waals surface area contributed by atoms with E-state index in [-0.39, 0.29) is 0 Å². The molecule has 1 aliphatic rings. The van der Waals surface area contributed by atoms with Gasteiger partial charge in [0.2, 0.25) is 0 Å². The van der Waals surface area contributed by atoms with Gasteiger partial charge in [0.15, 0.2) is 5.76 Å². The Morgan fingerprint density at radius 1 is 1.59 bits per heavy atom. The number of aromatic nitrogens is 1. The lowest BCUT2D eigenvalue weighted by Gasteiger charge is -2.48. The average Bonchev–Trinajstić information content (AvgIpc) is 2.63. The van der Waals surface area contributed by atoms with E-state index in [1.165, 1.54) is 0 Å². The van der Waals surface area contributed by atoms with E-state index in [0.717, 1.165) is 18.0 Å². The first-order valence-corrected chi connectivity index (χ1v) is 5.91. The fourth-order valence-corrected chi connectivity index (χ4v) is 2.07. The predicted octanol–water partition coefficient (Wildman–Crippen LogP) is 1.02. The molecule has 0 aliphatic carbocycles. The Labute approximate surface area is 101 Å². The van der Waals surface area contributed by atoms with Gasteiger partial charge in [0.1, 0.15) is 6.61 Å². The summed E-state index contributed by atoms with van der Waals surface area (Å²) in [5, 5.41) is 14.1. The number of nitrogens with zero attached hydrogens (tertiary/aromatic N) is 2. The zero-order valence-corrected chi connectivity index (χ0v) is 10.6. The minimum atomic E-state index is -0.529. The van der Waals surface area contributed by atoms with E-state index < -0.39 is 5.60 Å². The van der Waals surface area contributed by atoms with Gasteiger partial charge in [0, 0.05) is 32.8 Å². The maximum Gasteiger partial charge on any atom is 0.162 e. The first-order valence-electron chi connectivity index (χ1n) is 5.91. The van der Waals surface area contributed by atoms with Gasteiger partial charge in [-0.2, -0.15) is 0 Å². The van der Waals surface area contributed by atoms with Crippen molar-refractivity contribution in [1.29, 1.82) is 0 Å². The molecular formula is C12H20N2O3. The Kier molecular flexibility index (Phi) is 3.51. The van der Waals surface area contributed by atoms with Crippen molar-refractivity contribution in [3.63, 3.8) is 0 Å². The lowest BCUT2D eigenvalue weighted by molar-refractivity contribution is -0.131. The highest BCUT2D eigenvalue weighted by Gasteiger charge is 2.43. The lowest BCUT2D eigenvalue weighted by Crippen LogP contribution is -2.63. The highest BCUT2D eigenvalue weighted by atomic mass is 16.5. The van der Waals surface area contributed by atoms with Crippen LogP contribution < -0.4 is 0 Å². The number of hydrogen-bond donors (Lipinski definition) is 1. The molecule has 0 radical (unpaired) electrons. The Bertz CT molecular complexity index is 370. The van der Waals surface area contributed by atoms with Crippen molar-refractivity contribution in [2.45, 2.75) is 32.6 Å². The Morgan fingerprint density at radius 2 is 2.29 bits per heavy atom. The number of hydrogen-bond acceptors (Lipinski definition) is 5. The zero-order chi connectivity index (χ0) is 12.5. The van der Waals surface area contributed by atoms with Crippen molar-refractivity contribution in [3.8, 4) is 0 Å². The molecule has 2 heterocycles. The van der Waals surface area contributed by atoms with Crippen molar-refractivity contribution >= 4 is 0 Å². The molecule has 1 aliphatic heterocycles. The van der Waals surface area contributed by atoms with Gasteiger partial charge in [-0.3, -0.25) is 4.90 Å². The zero-order valence-electron chi connectivity index (χ0n) is 10.6. The molecule has 0 unspecified atom stereocenters. The van der Waals surface area contributed by atoms with Crippen molar-refractivity contribution in [2.24, 2.45) is 5.92 Å². The predicted molar refractivity (Wildman–Crippen MR) is 62.3 cm³/mol. The summed E-state index contributed by atoms with van der Waals surface area (Å²) in [7, 11) is 1.63. The molecule has 0 atom stereocenters. The van der Waals surface area contributed by atoms with E-state index >= 15 is 0 Å². The van der Waals surface area contributed by atoms with Gasteiger partial charge in [0.05, 0.1) is 11.3 Å². The van der Waals surface area contributed by atoms with E-state index in [1.54, 1.807) is 7.11 Å². The van der Waals surface area contributed by atoms with E-state index in [0.29, 0.717) is 25.6 Å². The van der Waals surface area contributed by atoms with Crippen LogP contribution in [-0.4, -0.2) is 41.0 Å². The van der Waals surface area contributed by atoms with E-state index in [4.69, 9.17) is 9.26 Å². The van der Waals surface area contributed by atoms with Crippen LogP contribution in [0, 0.1) is 5.92 Å². The van der Waals surface area contributed by atoms with Crippen LogP contribution in [-0.2, 0) is 17.9 Å². The lowest BCUT2D eigenvalue weighted by atomic mass is 9.83. The Hall–Kier alpha value is -0.910. The minimum absolute atomic E-state index is 0.292. The van der Waals surface area contributed by atoms with E-state index in [2.05, 4.69) is 10.1 Å². The van der Waals surface area contributed by atoms with Crippen LogP contribution in [0.2, 0.25) is 0 Å². The molecule has 1 fully saturated rings. The fourth-order valence-electron chi connectivity index (χ4n) is 2.07. The van der Waals surface area contributed by atoms with Gasteiger partial charge in [-0.1, -0.05) is 19.0 Å². The van der Waals surface area contributed by atoms with Crippen LogP contribution in [0.1, 0.15) is 25.3 Å². The second-order valence-electron chi connectivity index (χ2n) is 5.12. The summed E-state index contributed by atoms with van der Waals surface area (Å²) < 4.78 is 10.1. The van der Waals surface area contributed by atoms with Gasteiger partial charge in [0.25, 0.3) is 0 Å². The van der Waals surface area contributed by atoms with Crippen molar-refractivity contribution < 1.29 is 14.4 Å². The van der Waals surface area contributed by atoms with Crippen molar-refractivity contribution in [1.82, 2.24) is 10.1 Å². The van der Waals surface area contributed by atoms with Crippen molar-refractivity contribution in [2.75, 3.05) is 20.2 Å². The molecule has 0 amide bonds. The summed E-state index contributed by atoms with van der Waals surface area (Å²) in [4.78, 5) is 2.16. The fraction of sp³-hybridized carbons (Fsp3) is 0.750. The largest absolute Gasteiger partial charge is 0.387 e. The Morgan fingerprint density at radius 3 is 2.88 bits per heavy atom. The molecule has 5 nitrogen and oxygen atoms in total. The second-order valence-corrected chi connectivity index (χ2v) is 5.12. The molecule has 1 saturated heterocycles. The van der Waals surface area contributed by atoms with Crippen molar-refractivity contribution in [3.05, 3.63) is 17.5 Å². The number of methoxy groups -OCH3 is 1. The summed E-state index contributed by atoms with van der Waals surface area (Å²) in [6.07, 6.45) is 0. The molecule has 0 saturated carbocycles. The summed E-state index contributed by atoms with van der Waals surface area (Å²) in [5.41, 5.74) is 0.363. The molecule has 1 N–H and O–H groups in total. The van der Waals surface area contributed by atoms with Crippen LogP contribution in [0.15, 0.2) is 10.6 Å². The highest BCUT2D eigenvalue weighted by molar-refractivity contribution is 5.07. The molecule has 1 aromatic rings. The van der Waals surface area contributed by atoms with Gasteiger partial charge in [-0.05, 0) is 5.92 Å². The molecule has 5 heteroatoms. The van der Waals surface area contributed by atoms with E-state index in [9.17, 15) is 5.11 Å². The molecule has 96 valence electrons. The maximum absolute atomic E-state index is 10.1. The van der Waals surface area contributed by atoms with Gasteiger partial charge in [-0.15, -0.1) is 0 Å². The molecule has 17 heavy (non-hydrogen) atoms. The van der Waals surface area contributed by atoms with Gasteiger partial charge < -0.3 is 14.4 Å². The maximum atomic E-state index is 10.1. The third kappa shape index (κ3) is 2.68. The number of rotatable bonds is 5. The van der Waals surface area contributed by atoms with Crippen LogP contribution in [0.3, 0.4) is 0 Å². The SMILES string of the molecule is COCc1cc(CN2CC(O)(C(C)C)C2)no1. The smallest absolute Gasteiger partial charge is 0.162 e. The topological polar surface area (TPSA) is 58.7 Å². The molecule has 0 spiro atoms. The monoisotopic (exact) mass is 240 g/mol. The third-order valence-electron chi connectivity index (χ3n) is 3.35. The molecule has 0 aromatic carbocycles. The first kappa shape index (κ1) is 12.5. The first-order chi connectivity index (χ1) is 8.03. The quantitative estimate of drug-likeness (QED) is 0.832. The molecule has 0 bridgehead atoms. The number of aliphatic hydroxyl groups is 1. The molecule has 2 rings (SSSR count). The van der Waals surface area contributed by atoms with E-state index in [1.807, 2.05) is 19.9 Å². The normalized spacial score (nSPS) is 19.6. The minimum Gasteiger partial charge on any atom is -0.387 e. The van der Waals surface area contributed by atoms with Gasteiger partial charge >= 0.3 is 0 Å². The Balaban J connectivity index is 1.83. The van der Waals surface area contributed by atoms with Gasteiger partial charge in [-0.25, -0.2) is 0 Å². The summed E-state index contributed by atoms with van der Waals surface area (Å²) in [5.74, 6) is 1.03.